The number of rotatable bonds is 7. The maximum atomic E-state index is 15.4. The minimum absolute atomic E-state index is 0.0726. The van der Waals surface area contributed by atoms with Crippen LogP contribution in [0.3, 0.4) is 0 Å². The van der Waals surface area contributed by atoms with Gasteiger partial charge in [-0.2, -0.15) is 4.68 Å². The van der Waals surface area contributed by atoms with Gasteiger partial charge in [-0.05, 0) is 90.7 Å². The number of nitrogens with zero attached hydrogens (tertiary/aromatic N) is 7. The van der Waals surface area contributed by atoms with Crippen LogP contribution in [0.2, 0.25) is 23.2 Å². The van der Waals surface area contributed by atoms with Gasteiger partial charge in [0.1, 0.15) is 12.4 Å². The number of carbonyl (C=O) groups excluding carboxylic acids is 2. The van der Waals surface area contributed by atoms with Crippen LogP contribution in [0.4, 0.5) is 10.1 Å². The molecule has 3 atom stereocenters. The van der Waals surface area contributed by atoms with Gasteiger partial charge < -0.3 is 14.6 Å². The summed E-state index contributed by atoms with van der Waals surface area (Å²) in [5, 5.41) is 14.1. The van der Waals surface area contributed by atoms with Gasteiger partial charge in [0.15, 0.2) is 14.1 Å². The predicted molar refractivity (Wildman–Crippen MR) is 175 cm³/mol. The number of benzene rings is 2. The van der Waals surface area contributed by atoms with Crippen LogP contribution >= 0.6 is 11.6 Å². The van der Waals surface area contributed by atoms with Crippen molar-refractivity contribution in [3.8, 4) is 5.69 Å². The maximum Gasteiger partial charge on any atom is 0.247 e. The number of nitrogens with one attached hydrogen (secondary N) is 1. The molecule has 1 N–H and O–H groups in total. The lowest BCUT2D eigenvalue weighted by molar-refractivity contribution is -0.135. The monoisotopic (exact) mass is 662 g/mol. The Bertz CT molecular complexity index is 1860. The summed E-state index contributed by atoms with van der Waals surface area (Å²) in [6.07, 6.45) is 5.66. The van der Waals surface area contributed by atoms with Gasteiger partial charge in [-0.1, -0.05) is 32.4 Å². The summed E-state index contributed by atoms with van der Waals surface area (Å²) >= 11 is 6.13. The van der Waals surface area contributed by atoms with E-state index >= 15 is 4.39 Å². The standard InChI is InChI=1S/C32H36ClFN8O3Si/c1-18(45-46(5,6)32(2,3)4)25-16-35-24-15-20(7-10-23(24)38-25)37-31(44)27-11-8-21-13-19(14-28(43)42(21)27)29-26(41-17-36-39-40-41)12-9-22(33)30(29)34/h7,9-10,12,14-18,21,27H,8,11,13H2,1-6H3,(H,37,44)/t18-,21?,27?/m0/s1. The van der Waals surface area contributed by atoms with Crippen molar-refractivity contribution in [3.63, 3.8) is 0 Å². The fourth-order valence-electron chi connectivity index (χ4n) is 5.90. The third-order valence-electron chi connectivity index (χ3n) is 9.33. The maximum absolute atomic E-state index is 15.4. The van der Waals surface area contributed by atoms with E-state index in [0.717, 1.165) is 5.69 Å². The first kappa shape index (κ1) is 31.9. The molecule has 0 spiro atoms. The van der Waals surface area contributed by atoms with Gasteiger partial charge in [0.05, 0.1) is 39.7 Å². The van der Waals surface area contributed by atoms with Crippen molar-refractivity contribution >= 4 is 54.0 Å². The van der Waals surface area contributed by atoms with E-state index in [2.05, 4.69) is 59.7 Å². The number of fused-ring (bicyclic) bond motifs is 2. The first-order valence-electron chi connectivity index (χ1n) is 15.2. The second-order valence-electron chi connectivity index (χ2n) is 13.4. The summed E-state index contributed by atoms with van der Waals surface area (Å²) < 4.78 is 23.2. The number of amides is 2. The van der Waals surface area contributed by atoms with Crippen LogP contribution in [0, 0.1) is 5.82 Å². The highest BCUT2D eigenvalue weighted by molar-refractivity contribution is 6.74. The number of carbonyl (C=O) groups is 2. The molecular weight excluding hydrogens is 627 g/mol. The predicted octanol–water partition coefficient (Wildman–Crippen LogP) is 6.27. The van der Waals surface area contributed by atoms with Gasteiger partial charge in [0.2, 0.25) is 11.8 Å². The molecule has 0 aliphatic carbocycles. The Hall–Kier alpha value is -4.07. The van der Waals surface area contributed by atoms with Crippen LogP contribution in [0.15, 0.2) is 48.9 Å². The van der Waals surface area contributed by atoms with Crippen LogP contribution in [0.5, 0.6) is 0 Å². The molecular formula is C32H36ClFN8O3Si. The van der Waals surface area contributed by atoms with Crippen molar-refractivity contribution in [1.29, 1.82) is 0 Å². The number of aromatic nitrogens is 6. The Labute approximate surface area is 272 Å². The van der Waals surface area contributed by atoms with E-state index in [4.69, 9.17) is 21.0 Å². The third-order valence-corrected chi connectivity index (χ3v) is 14.2. The summed E-state index contributed by atoms with van der Waals surface area (Å²) in [6.45, 7) is 13.0. The van der Waals surface area contributed by atoms with Crippen molar-refractivity contribution in [3.05, 3.63) is 71.0 Å². The quantitative estimate of drug-likeness (QED) is 0.230. The highest BCUT2D eigenvalue weighted by Gasteiger charge is 2.43. The minimum Gasteiger partial charge on any atom is -0.409 e. The Morgan fingerprint density at radius 1 is 1.17 bits per heavy atom. The molecule has 2 unspecified atom stereocenters. The number of hydrogen-bond donors (Lipinski definition) is 1. The van der Waals surface area contributed by atoms with Crippen LogP contribution in [0.1, 0.15) is 64.3 Å². The van der Waals surface area contributed by atoms with Gasteiger partial charge in [0.25, 0.3) is 0 Å². The largest absolute Gasteiger partial charge is 0.409 e. The Morgan fingerprint density at radius 2 is 1.96 bits per heavy atom. The van der Waals surface area contributed by atoms with E-state index in [1.165, 1.54) is 23.2 Å². The van der Waals surface area contributed by atoms with Crippen molar-refractivity contribution < 1.29 is 18.4 Å². The normalized spacial score (nSPS) is 19.3. The molecule has 4 aromatic rings. The SMILES string of the molecule is C[C@H](O[Si](C)(C)C(C)(C)C)c1cnc2cc(NC(=O)C3CCC4CC(c5c(-n6cnnn6)ccc(Cl)c5F)=CC(=O)N43)ccc2n1. The molecule has 14 heteroatoms. The number of halogens is 2. The van der Waals surface area contributed by atoms with E-state index in [1.807, 2.05) is 13.0 Å². The Balaban J connectivity index is 1.18. The molecule has 46 heavy (non-hydrogen) atoms. The van der Waals surface area contributed by atoms with E-state index in [-0.39, 0.29) is 39.6 Å². The molecule has 2 aliphatic heterocycles. The first-order valence-corrected chi connectivity index (χ1v) is 18.5. The molecule has 2 aromatic carbocycles. The van der Waals surface area contributed by atoms with Crippen molar-refractivity contribution in [2.75, 3.05) is 5.32 Å². The number of anilines is 1. The topological polar surface area (TPSA) is 128 Å². The molecule has 2 amide bonds. The third kappa shape index (κ3) is 5.94. The van der Waals surface area contributed by atoms with Crippen LogP contribution in [-0.2, 0) is 14.0 Å². The Kier molecular flexibility index (Phi) is 8.28. The van der Waals surface area contributed by atoms with E-state index in [1.54, 1.807) is 29.3 Å². The first-order chi connectivity index (χ1) is 21.7. The zero-order chi connectivity index (χ0) is 33.0. The molecule has 1 saturated heterocycles. The molecule has 1 fully saturated rings. The van der Waals surface area contributed by atoms with Crippen molar-refractivity contribution in [2.45, 2.75) is 83.3 Å². The van der Waals surface area contributed by atoms with Gasteiger partial charge in [-0.3, -0.25) is 14.6 Å². The molecule has 0 radical (unpaired) electrons. The lowest BCUT2D eigenvalue weighted by Crippen LogP contribution is -2.48. The highest BCUT2D eigenvalue weighted by Crippen LogP contribution is 2.41. The summed E-state index contributed by atoms with van der Waals surface area (Å²) in [4.78, 5) is 37.9. The lowest BCUT2D eigenvalue weighted by atomic mass is 9.92. The smallest absolute Gasteiger partial charge is 0.247 e. The second-order valence-corrected chi connectivity index (χ2v) is 18.5. The summed E-state index contributed by atoms with van der Waals surface area (Å²) in [5.74, 6) is -1.31. The highest BCUT2D eigenvalue weighted by atomic mass is 35.5. The number of tetrazole rings is 1. The Morgan fingerprint density at radius 3 is 2.67 bits per heavy atom. The zero-order valence-corrected chi connectivity index (χ0v) is 28.3. The van der Waals surface area contributed by atoms with E-state index in [9.17, 15) is 9.59 Å². The molecule has 0 saturated carbocycles. The van der Waals surface area contributed by atoms with Crippen molar-refractivity contribution in [1.82, 2.24) is 35.1 Å². The van der Waals surface area contributed by atoms with E-state index < -0.39 is 20.2 Å². The average Bonchev–Trinajstić information content (AvgIpc) is 3.68. The summed E-state index contributed by atoms with van der Waals surface area (Å²) in [6, 6.07) is 7.46. The molecule has 240 valence electrons. The average molecular weight is 663 g/mol. The van der Waals surface area contributed by atoms with Gasteiger partial charge in [-0.15, -0.1) is 5.10 Å². The minimum atomic E-state index is -1.99. The fourth-order valence-corrected chi connectivity index (χ4v) is 7.41. The second kappa shape index (κ2) is 11.9. The molecule has 2 aliphatic rings. The van der Waals surface area contributed by atoms with Gasteiger partial charge in [-0.25, -0.2) is 9.37 Å². The summed E-state index contributed by atoms with van der Waals surface area (Å²) in [7, 11) is -1.99. The van der Waals surface area contributed by atoms with Crippen LogP contribution in [-0.4, -0.2) is 67.3 Å². The van der Waals surface area contributed by atoms with Crippen LogP contribution in [0.25, 0.3) is 22.3 Å². The molecule has 2 aromatic heterocycles. The van der Waals surface area contributed by atoms with Crippen molar-refractivity contribution in [2.24, 2.45) is 0 Å². The zero-order valence-electron chi connectivity index (χ0n) is 26.6. The number of hydrogen-bond acceptors (Lipinski definition) is 8. The lowest BCUT2D eigenvalue weighted by Gasteiger charge is -2.38. The molecule has 0 bridgehead atoms. The van der Waals surface area contributed by atoms with Gasteiger partial charge >= 0.3 is 0 Å². The molecule has 4 heterocycles. The fraction of sp³-hybridized carbons (Fsp3) is 0.406. The molecule has 6 rings (SSSR count). The van der Waals surface area contributed by atoms with Crippen LogP contribution < -0.4 is 5.32 Å². The molecule has 11 nitrogen and oxygen atoms in total. The van der Waals surface area contributed by atoms with Gasteiger partial charge in [0, 0.05) is 23.4 Å². The summed E-state index contributed by atoms with van der Waals surface area (Å²) in [5.41, 5.74) is 3.66. The van der Waals surface area contributed by atoms with E-state index in [0.29, 0.717) is 47.2 Å².